The molecule has 0 spiro atoms. The van der Waals surface area contributed by atoms with E-state index in [9.17, 15) is 4.79 Å². The molecule has 0 atom stereocenters. The average Bonchev–Trinajstić information content (AvgIpc) is 3.40. The molecule has 2 heterocycles. The van der Waals surface area contributed by atoms with Crippen molar-refractivity contribution >= 4 is 58.8 Å². The van der Waals surface area contributed by atoms with E-state index in [1.165, 1.54) is 84.1 Å². The first-order valence-electron chi connectivity index (χ1n) is 15.3. The van der Waals surface area contributed by atoms with Crippen molar-refractivity contribution in [2.45, 2.75) is 47.5 Å². The summed E-state index contributed by atoms with van der Waals surface area (Å²) in [6.07, 6.45) is 3.13. The maximum atomic E-state index is 10.0. The molecule has 0 saturated carbocycles. The van der Waals surface area contributed by atoms with Crippen LogP contribution < -0.4 is 0 Å². The number of carbonyl (C=O) groups excluding carboxylic acids is 1. The second-order valence-electron chi connectivity index (χ2n) is 12.0. The van der Waals surface area contributed by atoms with Crippen molar-refractivity contribution in [1.82, 2.24) is 4.98 Å². The molecular formula is C41H36IrNO2S-. The van der Waals surface area contributed by atoms with Crippen LogP contribution in [0.5, 0.6) is 0 Å². The second-order valence-corrected chi connectivity index (χ2v) is 13.0. The molecule has 233 valence electrons. The number of aromatic nitrogens is 1. The van der Waals surface area contributed by atoms with Crippen molar-refractivity contribution in [2.75, 3.05) is 0 Å². The van der Waals surface area contributed by atoms with Gasteiger partial charge in [0.25, 0.3) is 0 Å². The Morgan fingerprint density at radius 1 is 0.848 bits per heavy atom. The van der Waals surface area contributed by atoms with Crippen molar-refractivity contribution in [3.05, 3.63) is 126 Å². The minimum atomic E-state index is -0.125. The summed E-state index contributed by atoms with van der Waals surface area (Å²) in [4.78, 5) is 15.0. The molecule has 5 aromatic carbocycles. The summed E-state index contributed by atoms with van der Waals surface area (Å²) in [5, 5.41) is 16.0. The van der Waals surface area contributed by atoms with Crippen molar-refractivity contribution < 1.29 is 30.0 Å². The van der Waals surface area contributed by atoms with Gasteiger partial charge in [-0.3, -0.25) is 9.78 Å². The zero-order valence-electron chi connectivity index (χ0n) is 26.9. The van der Waals surface area contributed by atoms with Crippen LogP contribution >= 0.6 is 11.3 Å². The van der Waals surface area contributed by atoms with E-state index in [-0.39, 0.29) is 31.6 Å². The summed E-state index contributed by atoms with van der Waals surface area (Å²) in [6, 6.07) is 34.6. The molecule has 0 bridgehead atoms. The summed E-state index contributed by atoms with van der Waals surface area (Å²) in [6.45, 7) is 11.9. The first-order valence-corrected chi connectivity index (χ1v) is 16.1. The summed E-state index contributed by atoms with van der Waals surface area (Å²) in [5.41, 5.74) is 8.70. The number of benzene rings is 5. The van der Waals surface area contributed by atoms with Gasteiger partial charge in [-0.2, -0.15) is 0 Å². The Bertz CT molecular complexity index is 2280. The van der Waals surface area contributed by atoms with Crippen molar-refractivity contribution in [3.8, 4) is 22.4 Å². The molecule has 0 aliphatic heterocycles. The van der Waals surface area contributed by atoms with Crippen LogP contribution in [0.3, 0.4) is 0 Å². The third-order valence-corrected chi connectivity index (χ3v) is 9.66. The van der Waals surface area contributed by atoms with Crippen molar-refractivity contribution in [2.24, 2.45) is 0 Å². The number of rotatable bonds is 4. The normalized spacial score (nSPS) is 11.6. The Morgan fingerprint density at radius 3 is 2.26 bits per heavy atom. The minimum absolute atomic E-state index is 0. The number of allylic oxidation sites excluding steroid dienone is 2. The Kier molecular flexibility index (Phi) is 9.88. The van der Waals surface area contributed by atoms with Gasteiger partial charge in [0.2, 0.25) is 0 Å². The van der Waals surface area contributed by atoms with Crippen LogP contribution in [-0.4, -0.2) is 15.9 Å². The first kappa shape index (κ1) is 33.2. The van der Waals surface area contributed by atoms with Gasteiger partial charge in [0.1, 0.15) is 0 Å². The van der Waals surface area contributed by atoms with Gasteiger partial charge >= 0.3 is 0 Å². The van der Waals surface area contributed by atoms with Crippen LogP contribution in [0, 0.1) is 19.9 Å². The van der Waals surface area contributed by atoms with E-state index in [0.717, 1.165) is 16.6 Å². The van der Waals surface area contributed by atoms with Gasteiger partial charge in [-0.15, -0.1) is 40.5 Å². The molecule has 3 nitrogen and oxygen atoms in total. The summed E-state index contributed by atoms with van der Waals surface area (Å²) < 4.78 is 2.57. The van der Waals surface area contributed by atoms with E-state index in [1.54, 1.807) is 0 Å². The topological polar surface area (TPSA) is 50.2 Å². The number of ketones is 1. The number of hydrogen-bond donors (Lipinski definition) is 1. The largest absolute Gasteiger partial charge is 0.512 e. The van der Waals surface area contributed by atoms with Crippen molar-refractivity contribution in [3.63, 3.8) is 0 Å². The number of carbonyl (C=O) groups is 1. The molecule has 0 saturated heterocycles. The average molecular weight is 799 g/mol. The van der Waals surface area contributed by atoms with Crippen molar-refractivity contribution in [1.29, 1.82) is 0 Å². The van der Waals surface area contributed by atoms with Gasteiger partial charge in [0, 0.05) is 52.9 Å². The number of aliphatic hydroxyl groups is 1. The predicted molar refractivity (Wildman–Crippen MR) is 192 cm³/mol. The summed E-state index contributed by atoms with van der Waals surface area (Å²) in [5.74, 6) is 0.324. The molecular weight excluding hydrogens is 763 g/mol. The molecule has 0 fully saturated rings. The predicted octanol–water partition coefficient (Wildman–Crippen LogP) is 11.7. The molecule has 46 heavy (non-hydrogen) atoms. The Labute approximate surface area is 288 Å². The zero-order valence-corrected chi connectivity index (χ0v) is 30.1. The number of thiophene rings is 1. The van der Waals surface area contributed by atoms with Gasteiger partial charge in [-0.25, -0.2) is 0 Å². The van der Waals surface area contributed by atoms with Crippen LogP contribution in [0.4, 0.5) is 0 Å². The Balaban J connectivity index is 0.000000471. The van der Waals surface area contributed by atoms with E-state index in [1.807, 2.05) is 17.5 Å². The second kappa shape index (κ2) is 13.7. The number of nitrogens with zero attached hydrogens (tertiary/aromatic N) is 1. The Morgan fingerprint density at radius 2 is 1.57 bits per heavy atom. The molecule has 7 aromatic rings. The SMILES string of the molecule is CC(=O)/C=C(/C)O.Cc1ccccc1-c1ccc2c(sc3c(-c4[c-]c5ccc6ccccc6c5c(C(C)C)c4)nccc32)c1C.[Ir]. The monoisotopic (exact) mass is 799 g/mol. The summed E-state index contributed by atoms with van der Waals surface area (Å²) in [7, 11) is 0. The fourth-order valence-electron chi connectivity index (χ4n) is 6.23. The molecule has 0 amide bonds. The van der Waals surface area contributed by atoms with Gasteiger partial charge in [-0.05, 0) is 78.1 Å². The third kappa shape index (κ3) is 6.28. The standard InChI is InChI=1S/C36H28NS.C5H8O2.Ir/c1-21(2)32-20-26(19-25-14-13-24-10-6-8-12-29(24)33(25)32)34-36-31(17-18-37-34)30-16-15-28(23(4)35(30)38-36)27-11-7-5-9-22(27)3;1-4(6)3-5(2)7;/h5-18,20-21H,1-4H3;3,6H,1-2H3;/q-1;;/b;4-3-;. The number of aryl methyl sites for hydroxylation is 2. The minimum Gasteiger partial charge on any atom is -0.512 e. The number of fused-ring (bicyclic) bond motifs is 6. The van der Waals surface area contributed by atoms with Gasteiger partial charge in [0.05, 0.1) is 5.76 Å². The van der Waals surface area contributed by atoms with E-state index >= 15 is 0 Å². The van der Waals surface area contributed by atoms with E-state index < -0.39 is 0 Å². The van der Waals surface area contributed by atoms with Gasteiger partial charge in [-0.1, -0.05) is 91.5 Å². The fourth-order valence-corrected chi connectivity index (χ4v) is 7.53. The molecule has 1 N–H and O–H groups in total. The molecule has 7 rings (SSSR count). The van der Waals surface area contributed by atoms with E-state index in [2.05, 4.69) is 119 Å². The smallest absolute Gasteiger partial charge is 0.155 e. The van der Waals surface area contributed by atoms with Gasteiger partial charge in [0.15, 0.2) is 5.78 Å². The zero-order chi connectivity index (χ0) is 31.8. The number of pyridine rings is 1. The molecule has 2 aromatic heterocycles. The fraction of sp³-hybridized carbons (Fsp3) is 0.171. The van der Waals surface area contributed by atoms with E-state index in [4.69, 9.17) is 10.1 Å². The molecule has 0 unspecified atom stereocenters. The number of hydrogen-bond acceptors (Lipinski definition) is 4. The molecule has 1 radical (unpaired) electrons. The van der Waals surface area contributed by atoms with E-state index in [0.29, 0.717) is 5.92 Å². The molecule has 0 aliphatic carbocycles. The van der Waals surface area contributed by atoms with Gasteiger partial charge < -0.3 is 5.11 Å². The quantitative estimate of drug-likeness (QED) is 0.0835. The number of aliphatic hydroxyl groups excluding tert-OH is 1. The maximum Gasteiger partial charge on any atom is 0.155 e. The third-order valence-electron chi connectivity index (χ3n) is 8.32. The first-order chi connectivity index (χ1) is 21.6. The van der Waals surface area contributed by atoms with Crippen LogP contribution in [0.1, 0.15) is 50.3 Å². The van der Waals surface area contributed by atoms with Crippen LogP contribution in [0.25, 0.3) is 64.1 Å². The van der Waals surface area contributed by atoms with Crippen LogP contribution in [-0.2, 0) is 24.9 Å². The molecule has 0 aliphatic rings. The van der Waals surface area contributed by atoms with Crippen LogP contribution in [0.15, 0.2) is 103 Å². The van der Waals surface area contributed by atoms with Crippen LogP contribution in [0.2, 0.25) is 0 Å². The maximum absolute atomic E-state index is 10.0. The Hall–Kier alpha value is -4.15. The molecule has 5 heteroatoms. The summed E-state index contributed by atoms with van der Waals surface area (Å²) >= 11 is 1.86.